The lowest BCUT2D eigenvalue weighted by atomic mass is 10.1. The van der Waals surface area contributed by atoms with E-state index in [2.05, 4.69) is 10.2 Å². The number of morpholine rings is 1. The zero-order valence-electron chi connectivity index (χ0n) is 14.0. The molecule has 2 aliphatic heterocycles. The number of piperazine rings is 1. The Labute approximate surface area is 147 Å². The Balaban J connectivity index is 1.49. The standard InChI is InChI=1S/C17H27N3O3S/c21-15(16-2-1-11-24-16)12-14-13-23-10-9-19(14)6-3-17(22)20-7-4-18-5-8-20/h1-2,11,14-15,18,21H,3-10,12-13H2. The predicted molar refractivity (Wildman–Crippen MR) is 94.1 cm³/mol. The van der Waals surface area contributed by atoms with E-state index in [-0.39, 0.29) is 11.9 Å². The molecule has 7 heteroatoms. The summed E-state index contributed by atoms with van der Waals surface area (Å²) in [5.74, 6) is 0.237. The first-order valence-electron chi connectivity index (χ1n) is 8.76. The number of hydrogen-bond donors (Lipinski definition) is 2. The lowest BCUT2D eigenvalue weighted by molar-refractivity contribution is -0.132. The highest BCUT2D eigenvalue weighted by Crippen LogP contribution is 2.26. The molecule has 134 valence electrons. The summed E-state index contributed by atoms with van der Waals surface area (Å²) in [6, 6.07) is 4.11. The van der Waals surface area contributed by atoms with Crippen molar-refractivity contribution in [2.45, 2.75) is 25.0 Å². The molecule has 2 fully saturated rings. The van der Waals surface area contributed by atoms with Crippen molar-refractivity contribution in [1.29, 1.82) is 0 Å². The highest BCUT2D eigenvalue weighted by atomic mass is 32.1. The first-order chi connectivity index (χ1) is 11.7. The molecule has 1 amide bonds. The molecule has 0 bridgehead atoms. The number of ether oxygens (including phenoxy) is 1. The summed E-state index contributed by atoms with van der Waals surface area (Å²) in [5.41, 5.74) is 0. The number of aliphatic hydroxyl groups is 1. The molecule has 24 heavy (non-hydrogen) atoms. The van der Waals surface area contributed by atoms with Gasteiger partial charge in [-0.25, -0.2) is 0 Å². The number of carbonyl (C=O) groups excluding carboxylic acids is 1. The Morgan fingerprint density at radius 3 is 3.00 bits per heavy atom. The fourth-order valence-electron chi connectivity index (χ4n) is 3.37. The Bertz CT molecular complexity index is 505. The molecule has 2 saturated heterocycles. The van der Waals surface area contributed by atoms with E-state index >= 15 is 0 Å². The van der Waals surface area contributed by atoms with Crippen LogP contribution in [-0.4, -0.2) is 79.3 Å². The zero-order valence-corrected chi connectivity index (χ0v) is 14.8. The second kappa shape index (κ2) is 8.92. The van der Waals surface area contributed by atoms with Crippen LogP contribution in [0.4, 0.5) is 0 Å². The van der Waals surface area contributed by atoms with Crippen LogP contribution in [0.3, 0.4) is 0 Å². The number of hydrogen-bond acceptors (Lipinski definition) is 6. The van der Waals surface area contributed by atoms with E-state index in [4.69, 9.17) is 4.74 Å². The van der Waals surface area contributed by atoms with Crippen LogP contribution in [0.5, 0.6) is 0 Å². The molecule has 1 aromatic heterocycles. The maximum absolute atomic E-state index is 12.3. The summed E-state index contributed by atoms with van der Waals surface area (Å²) in [6.45, 7) is 6.30. The van der Waals surface area contributed by atoms with Crippen molar-refractivity contribution in [2.24, 2.45) is 0 Å². The number of carbonyl (C=O) groups is 1. The van der Waals surface area contributed by atoms with Crippen LogP contribution in [0.1, 0.15) is 23.8 Å². The SMILES string of the molecule is O=C(CCN1CCOCC1CC(O)c1cccs1)N1CCNCC1. The van der Waals surface area contributed by atoms with Gasteiger partial charge in [0, 0.05) is 56.6 Å². The van der Waals surface area contributed by atoms with Gasteiger partial charge in [0.2, 0.25) is 5.91 Å². The molecule has 0 saturated carbocycles. The summed E-state index contributed by atoms with van der Waals surface area (Å²) in [6.07, 6.45) is 0.747. The number of nitrogens with one attached hydrogen (secondary N) is 1. The smallest absolute Gasteiger partial charge is 0.223 e. The molecule has 6 nitrogen and oxygen atoms in total. The number of thiophene rings is 1. The van der Waals surface area contributed by atoms with Crippen LogP contribution < -0.4 is 5.32 Å². The number of amides is 1. The first kappa shape index (κ1) is 17.8. The van der Waals surface area contributed by atoms with Gasteiger partial charge in [0.15, 0.2) is 0 Å². The van der Waals surface area contributed by atoms with Crippen molar-refractivity contribution in [3.63, 3.8) is 0 Å². The van der Waals surface area contributed by atoms with Crippen molar-refractivity contribution in [2.75, 3.05) is 52.5 Å². The Morgan fingerprint density at radius 1 is 1.42 bits per heavy atom. The average molecular weight is 353 g/mol. The molecule has 0 aromatic carbocycles. The summed E-state index contributed by atoms with van der Waals surface area (Å²) in [7, 11) is 0. The minimum atomic E-state index is -0.455. The molecule has 2 aliphatic rings. The van der Waals surface area contributed by atoms with Gasteiger partial charge in [0.1, 0.15) is 0 Å². The van der Waals surface area contributed by atoms with E-state index in [9.17, 15) is 9.90 Å². The summed E-state index contributed by atoms with van der Waals surface area (Å²) < 4.78 is 5.60. The van der Waals surface area contributed by atoms with Crippen molar-refractivity contribution < 1.29 is 14.6 Å². The van der Waals surface area contributed by atoms with E-state index in [1.54, 1.807) is 11.3 Å². The third kappa shape index (κ3) is 4.77. The van der Waals surface area contributed by atoms with E-state index in [0.717, 1.165) is 44.1 Å². The van der Waals surface area contributed by atoms with Gasteiger partial charge in [-0.05, 0) is 17.9 Å². The maximum Gasteiger partial charge on any atom is 0.223 e. The van der Waals surface area contributed by atoms with Crippen LogP contribution in [0.15, 0.2) is 17.5 Å². The van der Waals surface area contributed by atoms with Gasteiger partial charge in [-0.2, -0.15) is 0 Å². The third-order valence-corrected chi connectivity index (χ3v) is 5.77. The Hall–Kier alpha value is -0.990. The van der Waals surface area contributed by atoms with Crippen molar-refractivity contribution >= 4 is 17.2 Å². The number of rotatable bonds is 6. The van der Waals surface area contributed by atoms with E-state index < -0.39 is 6.10 Å². The van der Waals surface area contributed by atoms with Gasteiger partial charge in [-0.15, -0.1) is 11.3 Å². The topological polar surface area (TPSA) is 65.0 Å². The maximum atomic E-state index is 12.3. The summed E-state index contributed by atoms with van der Waals surface area (Å²) in [4.78, 5) is 17.6. The number of nitrogens with zero attached hydrogens (tertiary/aromatic N) is 2. The lowest BCUT2D eigenvalue weighted by Crippen LogP contribution is -2.49. The van der Waals surface area contributed by atoms with E-state index in [1.807, 2.05) is 22.4 Å². The summed E-state index contributed by atoms with van der Waals surface area (Å²) >= 11 is 1.58. The lowest BCUT2D eigenvalue weighted by Gasteiger charge is -2.37. The van der Waals surface area contributed by atoms with Gasteiger partial charge in [-0.3, -0.25) is 9.69 Å². The fraction of sp³-hybridized carbons (Fsp3) is 0.706. The molecule has 0 aliphatic carbocycles. The predicted octanol–water partition coefficient (Wildman–Crippen LogP) is 0.694. The monoisotopic (exact) mass is 353 g/mol. The Morgan fingerprint density at radius 2 is 2.25 bits per heavy atom. The van der Waals surface area contributed by atoms with Gasteiger partial charge < -0.3 is 20.1 Å². The molecule has 3 rings (SSSR count). The van der Waals surface area contributed by atoms with Gasteiger partial charge in [0.05, 0.1) is 19.3 Å². The summed E-state index contributed by atoms with van der Waals surface area (Å²) in [5, 5.41) is 15.7. The molecule has 2 atom stereocenters. The van der Waals surface area contributed by atoms with Crippen molar-refractivity contribution in [1.82, 2.24) is 15.1 Å². The highest BCUT2D eigenvalue weighted by Gasteiger charge is 2.27. The second-order valence-corrected chi connectivity index (χ2v) is 7.39. The van der Waals surface area contributed by atoms with Crippen molar-refractivity contribution in [3.8, 4) is 0 Å². The van der Waals surface area contributed by atoms with E-state index in [1.165, 1.54) is 0 Å². The fourth-order valence-corrected chi connectivity index (χ4v) is 4.09. The second-order valence-electron chi connectivity index (χ2n) is 6.41. The first-order valence-corrected chi connectivity index (χ1v) is 9.64. The minimum Gasteiger partial charge on any atom is -0.388 e. The van der Waals surface area contributed by atoms with Crippen LogP contribution >= 0.6 is 11.3 Å². The molecular formula is C17H27N3O3S. The van der Waals surface area contributed by atoms with Crippen LogP contribution in [0, 0.1) is 0 Å². The molecule has 2 unspecified atom stereocenters. The van der Waals surface area contributed by atoms with Crippen LogP contribution in [0.2, 0.25) is 0 Å². The molecule has 1 aromatic rings. The van der Waals surface area contributed by atoms with Gasteiger partial charge >= 0.3 is 0 Å². The normalized spacial score (nSPS) is 24.0. The number of aliphatic hydroxyl groups excluding tert-OH is 1. The Kier molecular flexibility index (Phi) is 6.62. The average Bonchev–Trinajstić information content (AvgIpc) is 3.16. The van der Waals surface area contributed by atoms with Gasteiger partial charge in [0.25, 0.3) is 0 Å². The quantitative estimate of drug-likeness (QED) is 0.788. The minimum absolute atomic E-state index is 0.173. The molecular weight excluding hydrogens is 326 g/mol. The zero-order chi connectivity index (χ0) is 16.8. The third-order valence-electron chi connectivity index (χ3n) is 4.80. The highest BCUT2D eigenvalue weighted by molar-refractivity contribution is 7.10. The van der Waals surface area contributed by atoms with E-state index in [0.29, 0.717) is 26.1 Å². The van der Waals surface area contributed by atoms with Crippen LogP contribution in [-0.2, 0) is 9.53 Å². The van der Waals surface area contributed by atoms with Crippen LogP contribution in [0.25, 0.3) is 0 Å². The van der Waals surface area contributed by atoms with Crippen molar-refractivity contribution in [3.05, 3.63) is 22.4 Å². The molecule has 0 spiro atoms. The van der Waals surface area contributed by atoms with Gasteiger partial charge in [-0.1, -0.05) is 6.07 Å². The molecule has 3 heterocycles. The molecule has 0 radical (unpaired) electrons. The largest absolute Gasteiger partial charge is 0.388 e. The molecule has 2 N–H and O–H groups in total.